The Balaban J connectivity index is 2.92. The molecule has 1 heterocycles. The molecule has 1 rings (SSSR count). The lowest BCUT2D eigenvalue weighted by atomic mass is 10.00. The smallest absolute Gasteiger partial charge is 0.0694 e. The quantitative estimate of drug-likeness (QED) is 0.840. The zero-order valence-corrected chi connectivity index (χ0v) is 12.6. The molecule has 18 heavy (non-hydrogen) atoms. The molecular weight excluding hydrogens is 222 g/mol. The van der Waals surface area contributed by atoms with Crippen molar-refractivity contribution in [2.45, 2.75) is 47.1 Å². The highest BCUT2D eigenvalue weighted by atomic mass is 15.2. The number of hydrogen-bond acceptors (Lipinski definition) is 2. The maximum Gasteiger partial charge on any atom is 0.0694 e. The first kappa shape index (κ1) is 15.0. The van der Waals surface area contributed by atoms with Gasteiger partial charge in [0.05, 0.1) is 5.69 Å². The number of aromatic nitrogens is 2. The van der Waals surface area contributed by atoms with Gasteiger partial charge in [0.2, 0.25) is 0 Å². The summed E-state index contributed by atoms with van der Waals surface area (Å²) in [4.78, 5) is 0. The van der Waals surface area contributed by atoms with Crippen molar-refractivity contribution in [1.82, 2.24) is 15.1 Å². The summed E-state index contributed by atoms with van der Waals surface area (Å²) in [6.07, 6.45) is 5.39. The van der Waals surface area contributed by atoms with Crippen molar-refractivity contribution in [3.8, 4) is 0 Å². The molecule has 0 amide bonds. The largest absolute Gasteiger partial charge is 0.311 e. The highest BCUT2D eigenvalue weighted by Gasteiger charge is 2.08. The van der Waals surface area contributed by atoms with Gasteiger partial charge in [-0.2, -0.15) is 5.10 Å². The first-order chi connectivity index (χ1) is 8.43. The maximum atomic E-state index is 4.49. The Morgan fingerprint density at radius 1 is 1.39 bits per heavy atom. The molecule has 1 aromatic rings. The van der Waals surface area contributed by atoms with Crippen molar-refractivity contribution >= 4 is 6.08 Å². The lowest BCUT2D eigenvalue weighted by Crippen LogP contribution is -2.26. The molecule has 0 aromatic carbocycles. The Morgan fingerprint density at radius 3 is 2.56 bits per heavy atom. The van der Waals surface area contributed by atoms with Gasteiger partial charge in [-0.05, 0) is 12.3 Å². The van der Waals surface area contributed by atoms with Gasteiger partial charge in [-0.3, -0.25) is 4.68 Å². The monoisotopic (exact) mass is 249 g/mol. The van der Waals surface area contributed by atoms with Crippen LogP contribution < -0.4 is 5.32 Å². The zero-order chi connectivity index (χ0) is 13.7. The van der Waals surface area contributed by atoms with Crippen molar-refractivity contribution in [1.29, 1.82) is 0 Å². The van der Waals surface area contributed by atoms with Gasteiger partial charge < -0.3 is 5.32 Å². The van der Waals surface area contributed by atoms with Crippen LogP contribution in [0.2, 0.25) is 0 Å². The molecule has 0 radical (unpaired) electrons. The predicted octanol–water partition coefficient (Wildman–Crippen LogP) is 3.02. The van der Waals surface area contributed by atoms with Crippen LogP contribution in [-0.2, 0) is 13.5 Å². The van der Waals surface area contributed by atoms with E-state index in [0.717, 1.165) is 13.0 Å². The van der Waals surface area contributed by atoms with Crippen LogP contribution in [0.25, 0.3) is 6.08 Å². The third kappa shape index (κ3) is 4.30. The van der Waals surface area contributed by atoms with Gasteiger partial charge >= 0.3 is 0 Å². The van der Waals surface area contributed by atoms with Gasteiger partial charge in [0.25, 0.3) is 0 Å². The van der Waals surface area contributed by atoms with Crippen LogP contribution in [0.4, 0.5) is 0 Å². The van der Waals surface area contributed by atoms with Crippen LogP contribution >= 0.6 is 0 Å². The fraction of sp³-hybridized carbons (Fsp3) is 0.667. The fourth-order valence-corrected chi connectivity index (χ4v) is 1.89. The standard InChI is InChI=1S/C15H27N3/c1-7-15-14(10-18(6)17-15)8-13(11(2)3)9-16-12(4)5/h8,10-12,16H,7,9H2,1-6H3/b13-8-. The predicted molar refractivity (Wildman–Crippen MR) is 78.5 cm³/mol. The van der Waals surface area contributed by atoms with E-state index in [1.54, 1.807) is 0 Å². The summed E-state index contributed by atoms with van der Waals surface area (Å²) in [6.45, 7) is 12.0. The number of nitrogens with zero attached hydrogens (tertiary/aromatic N) is 2. The molecule has 1 N–H and O–H groups in total. The summed E-state index contributed by atoms with van der Waals surface area (Å²) in [7, 11) is 1.98. The molecule has 0 aliphatic heterocycles. The average molecular weight is 249 g/mol. The molecule has 0 atom stereocenters. The van der Waals surface area contributed by atoms with E-state index in [0.29, 0.717) is 12.0 Å². The van der Waals surface area contributed by atoms with Crippen LogP contribution in [0.15, 0.2) is 11.8 Å². The number of hydrogen-bond donors (Lipinski definition) is 1. The molecular formula is C15H27N3. The number of nitrogens with one attached hydrogen (secondary N) is 1. The first-order valence-corrected chi connectivity index (χ1v) is 6.90. The zero-order valence-electron chi connectivity index (χ0n) is 12.6. The Labute approximate surface area is 111 Å². The third-order valence-corrected chi connectivity index (χ3v) is 3.07. The molecule has 0 aliphatic rings. The summed E-state index contributed by atoms with van der Waals surface area (Å²) in [5.74, 6) is 0.557. The first-order valence-electron chi connectivity index (χ1n) is 6.90. The van der Waals surface area contributed by atoms with E-state index in [9.17, 15) is 0 Å². The third-order valence-electron chi connectivity index (χ3n) is 3.07. The molecule has 0 saturated carbocycles. The van der Waals surface area contributed by atoms with E-state index in [1.165, 1.54) is 16.8 Å². The lowest BCUT2D eigenvalue weighted by molar-refractivity contribution is 0.593. The summed E-state index contributed by atoms with van der Waals surface area (Å²) in [5, 5.41) is 7.98. The Kier molecular flexibility index (Phi) is 5.60. The molecule has 0 fully saturated rings. The Bertz CT molecular complexity index is 400. The van der Waals surface area contributed by atoms with Crippen molar-refractivity contribution < 1.29 is 0 Å². The number of aryl methyl sites for hydroxylation is 2. The van der Waals surface area contributed by atoms with Crippen LogP contribution in [-0.4, -0.2) is 22.4 Å². The van der Waals surface area contributed by atoms with Gasteiger partial charge in [-0.25, -0.2) is 0 Å². The molecule has 0 unspecified atom stereocenters. The van der Waals surface area contributed by atoms with Gasteiger partial charge in [0, 0.05) is 31.4 Å². The van der Waals surface area contributed by atoms with E-state index in [-0.39, 0.29) is 0 Å². The van der Waals surface area contributed by atoms with Crippen LogP contribution in [0.3, 0.4) is 0 Å². The summed E-state index contributed by atoms with van der Waals surface area (Å²) in [5.41, 5.74) is 3.88. The molecule has 102 valence electrons. The molecule has 1 aromatic heterocycles. The second kappa shape index (κ2) is 6.74. The number of rotatable bonds is 6. The molecule has 3 heteroatoms. The van der Waals surface area contributed by atoms with Gasteiger partial charge in [-0.15, -0.1) is 0 Å². The van der Waals surface area contributed by atoms with Crippen molar-refractivity contribution in [3.05, 3.63) is 23.0 Å². The SMILES string of the molecule is CCc1nn(C)cc1/C=C(/CNC(C)C)C(C)C. The van der Waals surface area contributed by atoms with E-state index in [2.05, 4.69) is 57.3 Å². The molecule has 0 bridgehead atoms. The molecule has 0 spiro atoms. The normalized spacial score (nSPS) is 12.8. The van der Waals surface area contributed by atoms with E-state index < -0.39 is 0 Å². The van der Waals surface area contributed by atoms with Gasteiger partial charge in [0.1, 0.15) is 0 Å². The van der Waals surface area contributed by atoms with Gasteiger partial charge in [-0.1, -0.05) is 46.3 Å². The minimum absolute atomic E-state index is 0.520. The van der Waals surface area contributed by atoms with Crippen molar-refractivity contribution in [3.63, 3.8) is 0 Å². The Morgan fingerprint density at radius 2 is 2.06 bits per heavy atom. The second-order valence-electron chi connectivity index (χ2n) is 5.47. The van der Waals surface area contributed by atoms with Crippen LogP contribution in [0.1, 0.15) is 45.9 Å². The lowest BCUT2D eigenvalue weighted by Gasteiger charge is -2.15. The fourth-order valence-electron chi connectivity index (χ4n) is 1.89. The minimum atomic E-state index is 0.520. The highest BCUT2D eigenvalue weighted by molar-refractivity contribution is 5.55. The molecule has 0 aliphatic carbocycles. The Hall–Kier alpha value is -1.09. The summed E-state index contributed by atoms with van der Waals surface area (Å²) in [6, 6.07) is 0.520. The van der Waals surface area contributed by atoms with Crippen LogP contribution in [0, 0.1) is 5.92 Å². The van der Waals surface area contributed by atoms with Crippen molar-refractivity contribution in [2.24, 2.45) is 13.0 Å². The maximum absolute atomic E-state index is 4.49. The van der Waals surface area contributed by atoms with E-state index >= 15 is 0 Å². The molecule has 0 saturated heterocycles. The highest BCUT2D eigenvalue weighted by Crippen LogP contribution is 2.17. The average Bonchev–Trinajstić information content (AvgIpc) is 2.64. The molecule has 3 nitrogen and oxygen atoms in total. The topological polar surface area (TPSA) is 29.9 Å². The second-order valence-corrected chi connectivity index (χ2v) is 5.47. The van der Waals surface area contributed by atoms with E-state index in [4.69, 9.17) is 0 Å². The van der Waals surface area contributed by atoms with Gasteiger partial charge in [0.15, 0.2) is 0 Å². The van der Waals surface area contributed by atoms with Crippen LogP contribution in [0.5, 0.6) is 0 Å². The van der Waals surface area contributed by atoms with E-state index in [1.807, 2.05) is 11.7 Å². The summed E-state index contributed by atoms with van der Waals surface area (Å²) < 4.78 is 1.90. The minimum Gasteiger partial charge on any atom is -0.311 e. The summed E-state index contributed by atoms with van der Waals surface area (Å²) >= 11 is 0. The van der Waals surface area contributed by atoms with Crippen molar-refractivity contribution in [2.75, 3.05) is 6.54 Å².